The van der Waals surface area contributed by atoms with E-state index in [0.717, 1.165) is 11.3 Å². The van der Waals surface area contributed by atoms with Crippen molar-refractivity contribution in [1.82, 2.24) is 4.98 Å². The summed E-state index contributed by atoms with van der Waals surface area (Å²) in [5, 5.41) is 8.78. The van der Waals surface area contributed by atoms with Gasteiger partial charge in [-0.15, -0.1) is 0 Å². The van der Waals surface area contributed by atoms with Gasteiger partial charge in [0, 0.05) is 13.3 Å². The highest BCUT2D eigenvalue weighted by atomic mass is 16.5. The molecule has 0 aliphatic carbocycles. The van der Waals surface area contributed by atoms with Gasteiger partial charge < -0.3 is 9.84 Å². The number of carboxylic acid groups (broad SMARTS) is 1. The van der Waals surface area contributed by atoms with Crippen molar-refractivity contribution in [2.24, 2.45) is 5.92 Å². The number of carbonyl (C=O) groups is 1. The van der Waals surface area contributed by atoms with Crippen LogP contribution in [-0.2, 0) is 22.6 Å². The molecule has 15 heavy (non-hydrogen) atoms. The second-order valence-corrected chi connectivity index (χ2v) is 3.53. The number of methoxy groups -OCH3 is 1. The number of hydrogen-bond acceptors (Lipinski definition) is 3. The van der Waals surface area contributed by atoms with Gasteiger partial charge in [-0.3, -0.25) is 9.78 Å². The van der Waals surface area contributed by atoms with Crippen LogP contribution in [0.5, 0.6) is 0 Å². The molecule has 1 heterocycles. The van der Waals surface area contributed by atoms with Crippen molar-refractivity contribution in [2.75, 3.05) is 7.11 Å². The Hall–Kier alpha value is -1.42. The number of aromatic nitrogens is 1. The van der Waals surface area contributed by atoms with E-state index in [2.05, 4.69) is 4.98 Å². The van der Waals surface area contributed by atoms with E-state index in [1.54, 1.807) is 20.2 Å². The Balaban J connectivity index is 2.68. The molecule has 4 nitrogen and oxygen atoms in total. The summed E-state index contributed by atoms with van der Waals surface area (Å²) in [6.45, 7) is 2.15. The molecule has 0 bridgehead atoms. The van der Waals surface area contributed by atoms with Crippen LogP contribution in [0.15, 0.2) is 18.3 Å². The fourth-order valence-corrected chi connectivity index (χ4v) is 1.32. The molecule has 0 saturated heterocycles. The molecule has 0 fully saturated rings. The van der Waals surface area contributed by atoms with Gasteiger partial charge in [0.2, 0.25) is 0 Å². The van der Waals surface area contributed by atoms with Crippen LogP contribution < -0.4 is 0 Å². The summed E-state index contributed by atoms with van der Waals surface area (Å²) < 4.78 is 4.96. The maximum absolute atomic E-state index is 10.7. The van der Waals surface area contributed by atoms with Crippen LogP contribution in [0.3, 0.4) is 0 Å². The van der Waals surface area contributed by atoms with E-state index >= 15 is 0 Å². The lowest BCUT2D eigenvalue weighted by molar-refractivity contribution is -0.141. The maximum atomic E-state index is 10.7. The molecule has 0 aromatic carbocycles. The van der Waals surface area contributed by atoms with E-state index in [9.17, 15) is 4.79 Å². The third kappa shape index (κ3) is 3.67. The molecule has 0 radical (unpaired) electrons. The first-order valence-corrected chi connectivity index (χ1v) is 4.79. The number of pyridine rings is 1. The van der Waals surface area contributed by atoms with Crippen LogP contribution in [0, 0.1) is 5.92 Å². The maximum Gasteiger partial charge on any atom is 0.306 e. The van der Waals surface area contributed by atoms with Crippen LogP contribution in [0.4, 0.5) is 0 Å². The van der Waals surface area contributed by atoms with Gasteiger partial charge in [-0.2, -0.15) is 0 Å². The van der Waals surface area contributed by atoms with Crippen LogP contribution in [-0.4, -0.2) is 23.2 Å². The Morgan fingerprint density at radius 2 is 2.40 bits per heavy atom. The number of nitrogens with zero attached hydrogens (tertiary/aromatic N) is 1. The van der Waals surface area contributed by atoms with E-state index in [1.807, 2.05) is 12.1 Å². The van der Waals surface area contributed by atoms with E-state index in [-0.39, 0.29) is 5.92 Å². The van der Waals surface area contributed by atoms with E-state index in [0.29, 0.717) is 13.0 Å². The first-order valence-electron chi connectivity index (χ1n) is 4.79. The van der Waals surface area contributed by atoms with Gasteiger partial charge in [0.15, 0.2) is 0 Å². The average Bonchev–Trinajstić information content (AvgIpc) is 2.18. The van der Waals surface area contributed by atoms with Crippen molar-refractivity contribution in [3.63, 3.8) is 0 Å². The van der Waals surface area contributed by atoms with E-state index in [4.69, 9.17) is 9.84 Å². The molecule has 4 heteroatoms. The summed E-state index contributed by atoms with van der Waals surface area (Å²) in [6.07, 6.45) is 2.20. The van der Waals surface area contributed by atoms with Crippen molar-refractivity contribution < 1.29 is 14.6 Å². The second kappa shape index (κ2) is 5.46. The number of rotatable bonds is 5. The normalized spacial score (nSPS) is 12.4. The largest absolute Gasteiger partial charge is 0.481 e. The molecule has 1 aromatic heterocycles. The Bertz CT molecular complexity index is 338. The predicted molar refractivity (Wildman–Crippen MR) is 55.5 cm³/mol. The quantitative estimate of drug-likeness (QED) is 0.798. The minimum atomic E-state index is -0.778. The third-order valence-electron chi connectivity index (χ3n) is 2.14. The summed E-state index contributed by atoms with van der Waals surface area (Å²) in [7, 11) is 1.61. The second-order valence-electron chi connectivity index (χ2n) is 3.53. The van der Waals surface area contributed by atoms with Gasteiger partial charge in [0.05, 0.1) is 18.2 Å². The lowest BCUT2D eigenvalue weighted by Crippen LogP contribution is -2.12. The summed E-state index contributed by atoms with van der Waals surface area (Å²) in [4.78, 5) is 14.8. The summed E-state index contributed by atoms with van der Waals surface area (Å²) in [6, 6.07) is 3.71. The smallest absolute Gasteiger partial charge is 0.306 e. The summed E-state index contributed by atoms with van der Waals surface area (Å²) in [5.74, 6) is -1.15. The minimum Gasteiger partial charge on any atom is -0.481 e. The number of carboxylic acids is 1. The molecule has 1 rings (SSSR count). The Morgan fingerprint density at radius 1 is 1.67 bits per heavy atom. The van der Waals surface area contributed by atoms with Crippen molar-refractivity contribution in [2.45, 2.75) is 20.0 Å². The van der Waals surface area contributed by atoms with Gasteiger partial charge >= 0.3 is 5.97 Å². The fraction of sp³-hybridized carbons (Fsp3) is 0.455. The molecule has 1 unspecified atom stereocenters. The van der Waals surface area contributed by atoms with Gasteiger partial charge in [0.25, 0.3) is 0 Å². The highest BCUT2D eigenvalue weighted by molar-refractivity contribution is 5.69. The van der Waals surface area contributed by atoms with Crippen molar-refractivity contribution in [3.8, 4) is 0 Å². The van der Waals surface area contributed by atoms with Crippen LogP contribution in [0.25, 0.3) is 0 Å². The lowest BCUT2D eigenvalue weighted by atomic mass is 10.0. The zero-order valence-corrected chi connectivity index (χ0v) is 8.93. The third-order valence-corrected chi connectivity index (χ3v) is 2.14. The molecule has 1 atom stereocenters. The van der Waals surface area contributed by atoms with E-state index in [1.165, 1.54) is 0 Å². The summed E-state index contributed by atoms with van der Waals surface area (Å²) >= 11 is 0. The van der Waals surface area contributed by atoms with Crippen molar-refractivity contribution in [1.29, 1.82) is 0 Å². The molecular formula is C11H15NO3. The Morgan fingerprint density at radius 3 is 3.00 bits per heavy atom. The average molecular weight is 209 g/mol. The molecule has 0 saturated carbocycles. The Kier molecular flexibility index (Phi) is 4.24. The molecule has 1 N–H and O–H groups in total. The van der Waals surface area contributed by atoms with Gasteiger partial charge in [-0.1, -0.05) is 6.92 Å². The first kappa shape index (κ1) is 11.7. The molecule has 0 aliphatic heterocycles. The number of aliphatic carboxylic acids is 1. The molecular weight excluding hydrogens is 194 g/mol. The number of hydrogen-bond donors (Lipinski definition) is 1. The molecule has 0 aliphatic rings. The van der Waals surface area contributed by atoms with Crippen LogP contribution >= 0.6 is 0 Å². The zero-order chi connectivity index (χ0) is 11.3. The zero-order valence-electron chi connectivity index (χ0n) is 8.93. The fourth-order valence-electron chi connectivity index (χ4n) is 1.32. The van der Waals surface area contributed by atoms with E-state index < -0.39 is 5.97 Å². The standard InChI is InChI=1S/C11H15NO3/c1-8(11(13)14)5-9-3-4-12-10(6-9)7-15-2/h3-4,6,8H,5,7H2,1-2H3,(H,13,14). The lowest BCUT2D eigenvalue weighted by Gasteiger charge is -2.07. The summed E-state index contributed by atoms with van der Waals surface area (Å²) in [5.41, 5.74) is 1.81. The Labute approximate surface area is 88.9 Å². The van der Waals surface area contributed by atoms with Crippen molar-refractivity contribution >= 4 is 5.97 Å². The van der Waals surface area contributed by atoms with Crippen LogP contribution in [0.1, 0.15) is 18.2 Å². The molecule has 0 spiro atoms. The topological polar surface area (TPSA) is 59.4 Å². The molecule has 1 aromatic rings. The molecule has 82 valence electrons. The highest BCUT2D eigenvalue weighted by Crippen LogP contribution is 2.09. The van der Waals surface area contributed by atoms with Crippen LogP contribution in [0.2, 0.25) is 0 Å². The molecule has 0 amide bonds. The monoisotopic (exact) mass is 209 g/mol. The van der Waals surface area contributed by atoms with Crippen molar-refractivity contribution in [3.05, 3.63) is 29.6 Å². The predicted octanol–water partition coefficient (Wildman–Crippen LogP) is 1.49. The highest BCUT2D eigenvalue weighted by Gasteiger charge is 2.11. The first-order chi connectivity index (χ1) is 7.13. The SMILES string of the molecule is COCc1cc(CC(C)C(=O)O)ccn1. The minimum absolute atomic E-state index is 0.372. The van der Waals surface area contributed by atoms with Gasteiger partial charge in [0.1, 0.15) is 0 Å². The van der Waals surface area contributed by atoms with Gasteiger partial charge in [-0.05, 0) is 24.1 Å². The van der Waals surface area contributed by atoms with Gasteiger partial charge in [-0.25, -0.2) is 0 Å². The number of ether oxygens (including phenoxy) is 1.